The van der Waals surface area contributed by atoms with Crippen molar-refractivity contribution in [2.45, 2.75) is 50.8 Å². The smallest absolute Gasteiger partial charge is 0.258 e. The number of carbonyl (C=O) groups is 2. The van der Waals surface area contributed by atoms with Crippen LogP contribution in [0.1, 0.15) is 46.1 Å². The average molecular weight is 618 g/mol. The molecule has 0 unspecified atom stereocenters. The van der Waals surface area contributed by atoms with Crippen LogP contribution in [-0.4, -0.2) is 29.5 Å². The lowest BCUT2D eigenvalue weighted by atomic mass is 9.83. The second kappa shape index (κ2) is 14.5. The topological polar surface area (TPSA) is 72.9 Å². The van der Waals surface area contributed by atoms with E-state index in [-0.39, 0.29) is 17.2 Å². The number of hydrogen-bond acceptors (Lipinski definition) is 5. The third-order valence-electron chi connectivity index (χ3n) is 7.59. The Bertz CT molecular complexity index is 1540. The van der Waals surface area contributed by atoms with Gasteiger partial charge in [0.2, 0.25) is 5.91 Å². The first-order chi connectivity index (χ1) is 21.1. The number of carbonyl (C=O) groups excluding carboxylic acids is 2. The second-order valence-electron chi connectivity index (χ2n) is 11.0. The summed E-state index contributed by atoms with van der Waals surface area (Å²) in [6.07, 6.45) is 8.59. The van der Waals surface area contributed by atoms with E-state index < -0.39 is 11.6 Å². The highest BCUT2D eigenvalue weighted by molar-refractivity contribution is 7.93. The standard InChI is InChI=1S/C35H37F2N3O3S/c1-5-33(41)38-21-8-22-39-31-20-19-29(44-43)23-30(31)35(3,4)32(39)10-7-6-9-24(2)34(42)40(27-15-11-25(36)12-16-27)28-17-13-26(37)14-18-28/h6-7,9-20,23,43H,5,8,21-22H2,1-4H3,(H,38,41)/b7-6+,24-9+,32-10+. The van der Waals surface area contributed by atoms with E-state index in [9.17, 15) is 22.9 Å². The molecule has 0 spiro atoms. The maximum Gasteiger partial charge on any atom is 0.258 e. The van der Waals surface area contributed by atoms with Crippen molar-refractivity contribution < 1.29 is 22.9 Å². The summed E-state index contributed by atoms with van der Waals surface area (Å²) in [5, 5.41) is 2.93. The van der Waals surface area contributed by atoms with E-state index in [1.807, 2.05) is 37.3 Å². The van der Waals surface area contributed by atoms with Crippen molar-refractivity contribution >= 4 is 40.9 Å². The molecule has 3 aromatic carbocycles. The van der Waals surface area contributed by atoms with Gasteiger partial charge in [0, 0.05) is 70.2 Å². The SMILES string of the molecule is CCC(=O)NCCCN1/C(=C/C=C/C=C(\C)C(=O)N(c2ccc(F)cc2)c2ccc(F)cc2)C(C)(C)c2cc(SO)ccc21. The Morgan fingerprint density at radius 2 is 1.59 bits per heavy atom. The predicted molar refractivity (Wildman–Crippen MR) is 174 cm³/mol. The van der Waals surface area contributed by atoms with Crippen LogP contribution < -0.4 is 15.1 Å². The van der Waals surface area contributed by atoms with Gasteiger partial charge in [-0.3, -0.25) is 14.5 Å². The monoisotopic (exact) mass is 617 g/mol. The Hall–Kier alpha value is -4.21. The number of allylic oxidation sites excluding steroid dienone is 5. The first-order valence-electron chi connectivity index (χ1n) is 14.5. The molecule has 230 valence electrons. The van der Waals surface area contributed by atoms with Crippen LogP contribution in [0, 0.1) is 11.6 Å². The van der Waals surface area contributed by atoms with Crippen LogP contribution >= 0.6 is 12.0 Å². The molecular formula is C35H37F2N3O3S. The number of benzene rings is 3. The molecule has 44 heavy (non-hydrogen) atoms. The fraction of sp³-hybridized carbons (Fsp3) is 0.257. The molecule has 1 heterocycles. The summed E-state index contributed by atoms with van der Waals surface area (Å²) in [5.41, 5.74) is 4.15. The number of nitrogens with zero attached hydrogens (tertiary/aromatic N) is 2. The first-order valence-corrected chi connectivity index (χ1v) is 15.3. The fourth-order valence-electron chi connectivity index (χ4n) is 5.20. The first kappa shape index (κ1) is 32.7. The van der Waals surface area contributed by atoms with E-state index in [1.54, 1.807) is 19.1 Å². The van der Waals surface area contributed by atoms with Crippen LogP contribution in [-0.2, 0) is 15.0 Å². The minimum atomic E-state index is -0.424. The van der Waals surface area contributed by atoms with Crippen LogP contribution in [0.4, 0.5) is 25.8 Å². The van der Waals surface area contributed by atoms with Gasteiger partial charge in [0.25, 0.3) is 5.91 Å². The molecule has 2 amide bonds. The van der Waals surface area contributed by atoms with Crippen molar-refractivity contribution in [2.75, 3.05) is 22.9 Å². The van der Waals surface area contributed by atoms with Gasteiger partial charge in [-0.05, 0) is 91.7 Å². The minimum absolute atomic E-state index is 0.0181. The summed E-state index contributed by atoms with van der Waals surface area (Å²) in [5.74, 6) is -1.17. The Morgan fingerprint density at radius 3 is 2.16 bits per heavy atom. The number of rotatable bonds is 11. The lowest BCUT2D eigenvalue weighted by Gasteiger charge is -2.27. The maximum atomic E-state index is 13.6. The van der Waals surface area contributed by atoms with Crippen molar-refractivity contribution in [1.82, 2.24) is 5.32 Å². The van der Waals surface area contributed by atoms with Gasteiger partial charge < -0.3 is 14.8 Å². The Morgan fingerprint density at radius 1 is 0.977 bits per heavy atom. The summed E-state index contributed by atoms with van der Waals surface area (Å²) in [6.45, 7) is 9.03. The number of nitrogens with one attached hydrogen (secondary N) is 1. The van der Waals surface area contributed by atoms with Crippen molar-refractivity contribution in [3.8, 4) is 0 Å². The third-order valence-corrected chi connectivity index (χ3v) is 8.06. The van der Waals surface area contributed by atoms with Gasteiger partial charge in [-0.2, -0.15) is 0 Å². The summed E-state index contributed by atoms with van der Waals surface area (Å²) in [7, 11) is 0. The zero-order chi connectivity index (χ0) is 31.9. The molecule has 9 heteroatoms. The summed E-state index contributed by atoms with van der Waals surface area (Å²) >= 11 is 0.713. The van der Waals surface area contributed by atoms with Crippen molar-refractivity contribution in [2.24, 2.45) is 0 Å². The van der Waals surface area contributed by atoms with Crippen LogP contribution in [0.15, 0.2) is 107 Å². The van der Waals surface area contributed by atoms with Crippen LogP contribution in [0.3, 0.4) is 0 Å². The lowest BCUT2D eigenvalue weighted by molar-refractivity contribution is -0.120. The quantitative estimate of drug-likeness (QED) is 0.0980. The van der Waals surface area contributed by atoms with Gasteiger partial charge in [0.15, 0.2) is 0 Å². The molecule has 1 aliphatic heterocycles. The summed E-state index contributed by atoms with van der Waals surface area (Å²) in [4.78, 5) is 29.7. The van der Waals surface area contributed by atoms with Crippen LogP contribution in [0.2, 0.25) is 0 Å². The molecule has 0 radical (unpaired) electrons. The molecule has 0 aliphatic carbocycles. The Kier molecular flexibility index (Phi) is 10.8. The van der Waals surface area contributed by atoms with E-state index in [4.69, 9.17) is 0 Å². The average Bonchev–Trinajstić information content (AvgIpc) is 3.23. The van der Waals surface area contributed by atoms with Gasteiger partial charge >= 0.3 is 0 Å². The number of amides is 2. The number of anilines is 3. The molecule has 0 fully saturated rings. The molecule has 0 atom stereocenters. The molecule has 3 aromatic rings. The van der Waals surface area contributed by atoms with Crippen molar-refractivity contribution in [3.63, 3.8) is 0 Å². The molecule has 0 bridgehead atoms. The molecular weight excluding hydrogens is 580 g/mol. The molecule has 0 aromatic heterocycles. The second-order valence-corrected chi connectivity index (χ2v) is 11.6. The van der Waals surface area contributed by atoms with Gasteiger partial charge in [-0.15, -0.1) is 0 Å². The lowest BCUT2D eigenvalue weighted by Crippen LogP contribution is -2.30. The van der Waals surface area contributed by atoms with E-state index >= 15 is 0 Å². The summed E-state index contributed by atoms with van der Waals surface area (Å²) in [6, 6.07) is 17.0. The highest BCUT2D eigenvalue weighted by atomic mass is 32.2. The van der Waals surface area contributed by atoms with Crippen molar-refractivity contribution in [1.29, 1.82) is 0 Å². The van der Waals surface area contributed by atoms with Crippen molar-refractivity contribution in [3.05, 3.63) is 120 Å². The predicted octanol–water partition coefficient (Wildman–Crippen LogP) is 8.30. The van der Waals surface area contributed by atoms with Gasteiger partial charge in [0.1, 0.15) is 11.6 Å². The van der Waals surface area contributed by atoms with Crippen LogP contribution in [0.25, 0.3) is 0 Å². The van der Waals surface area contributed by atoms with Gasteiger partial charge in [0.05, 0.1) is 0 Å². The highest BCUT2D eigenvalue weighted by Gasteiger charge is 2.39. The molecule has 0 saturated carbocycles. The van der Waals surface area contributed by atoms with E-state index in [0.717, 1.165) is 28.3 Å². The number of fused-ring (bicyclic) bond motifs is 1. The van der Waals surface area contributed by atoms with Crippen LogP contribution in [0.5, 0.6) is 0 Å². The normalized spacial score (nSPS) is 15.1. The molecule has 0 saturated heterocycles. The molecule has 2 N–H and O–H groups in total. The number of hydrogen-bond donors (Lipinski definition) is 2. The highest BCUT2D eigenvalue weighted by Crippen LogP contribution is 2.48. The minimum Gasteiger partial charge on any atom is -0.356 e. The Balaban J connectivity index is 1.60. The number of halogens is 2. The zero-order valence-electron chi connectivity index (χ0n) is 25.3. The Labute approximate surface area is 262 Å². The summed E-state index contributed by atoms with van der Waals surface area (Å²) < 4.78 is 36.9. The largest absolute Gasteiger partial charge is 0.356 e. The zero-order valence-corrected chi connectivity index (χ0v) is 26.1. The third kappa shape index (κ3) is 7.46. The molecule has 4 rings (SSSR count). The molecule has 6 nitrogen and oxygen atoms in total. The van der Waals surface area contributed by atoms with E-state index in [2.05, 4.69) is 24.1 Å². The van der Waals surface area contributed by atoms with Gasteiger partial charge in [-0.1, -0.05) is 39.0 Å². The van der Waals surface area contributed by atoms with Gasteiger partial charge in [-0.25, -0.2) is 8.78 Å². The molecule has 1 aliphatic rings. The maximum absolute atomic E-state index is 13.6. The van der Waals surface area contributed by atoms with E-state index in [1.165, 1.54) is 53.4 Å². The van der Waals surface area contributed by atoms with E-state index in [0.29, 0.717) is 48.5 Å². The fourth-order valence-corrected chi connectivity index (χ4v) is 5.50.